The van der Waals surface area contributed by atoms with E-state index in [4.69, 9.17) is 0 Å². The molecule has 0 spiro atoms. The summed E-state index contributed by atoms with van der Waals surface area (Å²) < 4.78 is 0. The minimum Gasteiger partial charge on any atom is -0.507 e. The lowest BCUT2D eigenvalue weighted by Crippen LogP contribution is -2.18. The largest absolute Gasteiger partial charge is 0.507 e. The molecule has 2 rings (SSSR count). The van der Waals surface area contributed by atoms with Crippen molar-refractivity contribution in [3.8, 4) is 22.6 Å². The Morgan fingerprint density at radius 3 is 1.27 bits per heavy atom. The Kier molecular flexibility index (Phi) is 5.93. The smallest absolute Gasteiger partial charge is 0.130 e. The average Bonchev–Trinajstić information content (AvgIpc) is 2.50. The fraction of sp³-hybridized carbons (Fsp3) is 0.571. The minimum absolute atomic E-state index is 0.0116. The quantitative estimate of drug-likeness (QED) is 0.500. The first-order chi connectivity index (χ1) is 13.2. The van der Waals surface area contributed by atoms with Crippen LogP contribution in [0, 0.1) is 0 Å². The summed E-state index contributed by atoms with van der Waals surface area (Å²) in [6.45, 7) is 25.7. The lowest BCUT2D eigenvalue weighted by atomic mass is 9.75. The molecule has 30 heavy (non-hydrogen) atoms. The van der Waals surface area contributed by atoms with E-state index >= 15 is 0 Å². The van der Waals surface area contributed by atoms with E-state index in [-0.39, 0.29) is 27.7 Å². The molecule has 0 heterocycles. The van der Waals surface area contributed by atoms with Gasteiger partial charge >= 0.3 is 0 Å². The van der Waals surface area contributed by atoms with Crippen molar-refractivity contribution in [2.75, 3.05) is 0 Å². The van der Waals surface area contributed by atoms with Crippen molar-refractivity contribution in [3.63, 3.8) is 0 Å². The van der Waals surface area contributed by atoms with Gasteiger partial charge in [-0.1, -0.05) is 101 Å². The number of phenols is 2. The van der Waals surface area contributed by atoms with Crippen molar-refractivity contribution in [3.05, 3.63) is 46.5 Å². The van der Waals surface area contributed by atoms with Crippen molar-refractivity contribution >= 4 is 0 Å². The fourth-order valence-corrected chi connectivity index (χ4v) is 3.81. The van der Waals surface area contributed by atoms with Gasteiger partial charge in [0.15, 0.2) is 0 Å². The number of rotatable bonds is 1. The van der Waals surface area contributed by atoms with E-state index in [9.17, 15) is 10.2 Å². The third kappa shape index (κ3) is 4.85. The summed E-state index contributed by atoms with van der Waals surface area (Å²) in [5.41, 5.74) is 5.09. The van der Waals surface area contributed by atoms with Crippen LogP contribution in [0.4, 0.5) is 0 Å². The molecule has 0 atom stereocenters. The van der Waals surface area contributed by atoms with Crippen LogP contribution in [0.5, 0.6) is 11.5 Å². The van der Waals surface area contributed by atoms with Gasteiger partial charge in [0.25, 0.3) is 0 Å². The van der Waals surface area contributed by atoms with Gasteiger partial charge in [0, 0.05) is 16.7 Å². The molecule has 0 aliphatic rings. The molecular formula is C28H42O2. The Hall–Kier alpha value is -1.96. The summed E-state index contributed by atoms with van der Waals surface area (Å²) >= 11 is 0. The molecule has 0 saturated heterocycles. The van der Waals surface area contributed by atoms with Crippen LogP contribution in [0.3, 0.4) is 0 Å². The molecule has 166 valence electrons. The summed E-state index contributed by atoms with van der Waals surface area (Å²) in [6.07, 6.45) is 0. The molecule has 0 amide bonds. The highest BCUT2D eigenvalue weighted by molar-refractivity contribution is 5.78. The molecule has 0 aromatic heterocycles. The molecular weight excluding hydrogens is 368 g/mol. The van der Waals surface area contributed by atoms with Crippen LogP contribution in [0.25, 0.3) is 11.1 Å². The lowest BCUT2D eigenvalue weighted by molar-refractivity contribution is 0.398. The number of hydrogen-bond donors (Lipinski definition) is 2. The predicted molar refractivity (Wildman–Crippen MR) is 130 cm³/mol. The van der Waals surface area contributed by atoms with Crippen LogP contribution in [0.15, 0.2) is 24.3 Å². The Labute approximate surface area is 184 Å². The summed E-state index contributed by atoms with van der Waals surface area (Å²) in [7, 11) is 0. The molecule has 0 fully saturated rings. The topological polar surface area (TPSA) is 40.5 Å². The standard InChI is InChI=1S/C28H42O2/c1-25(2,3)18-13-17(14-19(15-18)26(4,5)6)20-16-21(27(7,8)9)24(30)22(23(20)29)28(10,11)12/h13-16,29-30H,1-12H3. The molecule has 2 aromatic rings. The summed E-state index contributed by atoms with van der Waals surface area (Å²) in [6, 6.07) is 8.66. The summed E-state index contributed by atoms with van der Waals surface area (Å²) in [5.74, 6) is 0.387. The van der Waals surface area contributed by atoms with Crippen molar-refractivity contribution in [2.45, 2.75) is 105 Å². The maximum absolute atomic E-state index is 11.4. The van der Waals surface area contributed by atoms with E-state index in [1.54, 1.807) is 0 Å². The van der Waals surface area contributed by atoms with Gasteiger partial charge in [-0.25, -0.2) is 0 Å². The molecule has 0 unspecified atom stereocenters. The average molecular weight is 411 g/mol. The van der Waals surface area contributed by atoms with Gasteiger partial charge in [-0.05, 0) is 44.4 Å². The Morgan fingerprint density at radius 2 is 0.933 bits per heavy atom. The zero-order valence-corrected chi connectivity index (χ0v) is 21.2. The van der Waals surface area contributed by atoms with Crippen molar-refractivity contribution in [1.82, 2.24) is 0 Å². The molecule has 2 N–H and O–H groups in total. The molecule has 0 bridgehead atoms. The first kappa shape index (κ1) is 24.3. The van der Waals surface area contributed by atoms with Crippen molar-refractivity contribution < 1.29 is 10.2 Å². The van der Waals surface area contributed by atoms with Crippen LogP contribution in [0.2, 0.25) is 0 Å². The zero-order chi connectivity index (χ0) is 23.4. The van der Waals surface area contributed by atoms with E-state index in [0.29, 0.717) is 5.56 Å². The number of hydrogen-bond acceptors (Lipinski definition) is 2. The Balaban J connectivity index is 3.00. The fourth-order valence-electron chi connectivity index (χ4n) is 3.81. The van der Waals surface area contributed by atoms with Gasteiger partial charge < -0.3 is 10.2 Å². The van der Waals surface area contributed by atoms with Crippen LogP contribution >= 0.6 is 0 Å². The van der Waals surface area contributed by atoms with Crippen molar-refractivity contribution in [2.24, 2.45) is 0 Å². The van der Waals surface area contributed by atoms with E-state index in [1.165, 1.54) is 11.1 Å². The Morgan fingerprint density at radius 1 is 0.500 bits per heavy atom. The van der Waals surface area contributed by atoms with E-state index in [0.717, 1.165) is 16.7 Å². The van der Waals surface area contributed by atoms with Crippen LogP contribution in [0.1, 0.15) is 105 Å². The number of phenolic OH excluding ortho intramolecular Hbond substituents is 2. The maximum atomic E-state index is 11.4. The third-order valence-electron chi connectivity index (χ3n) is 5.81. The van der Waals surface area contributed by atoms with Gasteiger partial charge in [-0.3, -0.25) is 0 Å². The molecule has 0 saturated carbocycles. The highest BCUT2D eigenvalue weighted by Gasteiger charge is 2.31. The summed E-state index contributed by atoms with van der Waals surface area (Å²) in [5, 5.41) is 22.5. The van der Waals surface area contributed by atoms with Gasteiger partial charge in [0.1, 0.15) is 11.5 Å². The van der Waals surface area contributed by atoms with E-state index < -0.39 is 5.41 Å². The normalized spacial score (nSPS) is 13.6. The maximum Gasteiger partial charge on any atom is 0.130 e. The molecule has 2 nitrogen and oxygen atoms in total. The first-order valence-electron chi connectivity index (χ1n) is 11.0. The molecule has 0 radical (unpaired) electrons. The first-order valence-corrected chi connectivity index (χ1v) is 11.0. The number of benzene rings is 2. The van der Waals surface area contributed by atoms with Crippen LogP contribution in [-0.4, -0.2) is 10.2 Å². The van der Waals surface area contributed by atoms with Gasteiger partial charge in [-0.15, -0.1) is 0 Å². The highest BCUT2D eigenvalue weighted by atomic mass is 16.3. The number of aromatic hydroxyl groups is 2. The molecule has 0 aliphatic heterocycles. The van der Waals surface area contributed by atoms with Crippen LogP contribution < -0.4 is 0 Å². The third-order valence-corrected chi connectivity index (χ3v) is 5.81. The van der Waals surface area contributed by atoms with Crippen molar-refractivity contribution in [1.29, 1.82) is 0 Å². The van der Waals surface area contributed by atoms with Gasteiger partial charge in [0.05, 0.1) is 0 Å². The molecule has 2 heteroatoms. The predicted octanol–water partition coefficient (Wildman–Crippen LogP) is 7.95. The second-order valence-electron chi connectivity index (χ2n) is 12.8. The van der Waals surface area contributed by atoms with Gasteiger partial charge in [0.2, 0.25) is 0 Å². The Bertz CT molecular complexity index is 905. The van der Waals surface area contributed by atoms with E-state index in [2.05, 4.69) is 80.5 Å². The van der Waals surface area contributed by atoms with E-state index in [1.807, 2.05) is 26.8 Å². The second kappa shape index (κ2) is 7.32. The second-order valence-corrected chi connectivity index (χ2v) is 12.8. The monoisotopic (exact) mass is 410 g/mol. The zero-order valence-electron chi connectivity index (χ0n) is 21.2. The molecule has 2 aromatic carbocycles. The molecule has 0 aliphatic carbocycles. The minimum atomic E-state index is -0.390. The SMILES string of the molecule is CC(C)(C)c1cc(-c2cc(C(C)(C)C)c(O)c(C(C)(C)C)c2O)cc(C(C)(C)C)c1. The lowest BCUT2D eigenvalue weighted by Gasteiger charge is -2.30. The van der Waals surface area contributed by atoms with Crippen LogP contribution in [-0.2, 0) is 21.7 Å². The summed E-state index contributed by atoms with van der Waals surface area (Å²) in [4.78, 5) is 0. The van der Waals surface area contributed by atoms with Gasteiger partial charge in [-0.2, -0.15) is 0 Å². The highest BCUT2D eigenvalue weighted by Crippen LogP contribution is 2.49.